The lowest BCUT2D eigenvalue weighted by Crippen LogP contribution is -2.44. The zero-order valence-corrected chi connectivity index (χ0v) is 18.0. The summed E-state index contributed by atoms with van der Waals surface area (Å²) < 4.78 is 5.31. The molecule has 1 aliphatic rings. The van der Waals surface area contributed by atoms with Crippen molar-refractivity contribution in [3.8, 4) is 0 Å². The van der Waals surface area contributed by atoms with E-state index in [2.05, 4.69) is 15.2 Å². The normalized spacial score (nSPS) is 16.2. The van der Waals surface area contributed by atoms with E-state index in [1.165, 1.54) is 0 Å². The van der Waals surface area contributed by atoms with Crippen molar-refractivity contribution in [3.05, 3.63) is 52.3 Å². The SMILES string of the molecule is Cc1[nH]c(/C=C(\C=O)c2ccccc2N)c(C)c1C(=O)NCC(O)CN1CCOCC1. The molecule has 1 saturated heterocycles. The second-order valence-corrected chi connectivity index (χ2v) is 7.75. The number of aliphatic hydroxyl groups is 1. The Labute approximate surface area is 182 Å². The van der Waals surface area contributed by atoms with Crippen LogP contribution < -0.4 is 11.1 Å². The number of hydrogen-bond donors (Lipinski definition) is 4. The predicted molar refractivity (Wildman–Crippen MR) is 121 cm³/mol. The number of ether oxygens (including phenoxy) is 1. The molecule has 0 saturated carbocycles. The number of H-pyrrole nitrogens is 1. The number of carbonyl (C=O) groups is 2. The Kier molecular flexibility index (Phi) is 7.62. The molecule has 1 unspecified atom stereocenters. The summed E-state index contributed by atoms with van der Waals surface area (Å²) >= 11 is 0. The first kappa shape index (κ1) is 22.7. The monoisotopic (exact) mass is 426 g/mol. The standard InChI is InChI=1S/C23H30N4O4/c1-15-21(11-17(14-28)19-5-3-4-6-20(19)24)26-16(2)22(15)23(30)25-12-18(29)13-27-7-9-31-10-8-27/h3-6,11,14,18,26,29H,7-10,12-13,24H2,1-2H3,(H,25,30)/b17-11+. The number of aromatic nitrogens is 1. The van der Waals surface area contributed by atoms with Gasteiger partial charge in [0, 0.05) is 54.4 Å². The highest BCUT2D eigenvalue weighted by atomic mass is 16.5. The van der Waals surface area contributed by atoms with Gasteiger partial charge in [-0.15, -0.1) is 0 Å². The van der Waals surface area contributed by atoms with Gasteiger partial charge in [0.1, 0.15) is 0 Å². The number of anilines is 1. The molecule has 166 valence electrons. The zero-order valence-electron chi connectivity index (χ0n) is 18.0. The third-order valence-corrected chi connectivity index (χ3v) is 5.47. The second-order valence-electron chi connectivity index (χ2n) is 7.75. The molecule has 1 amide bonds. The number of benzene rings is 1. The topological polar surface area (TPSA) is 121 Å². The average Bonchev–Trinajstić information content (AvgIpc) is 3.04. The van der Waals surface area contributed by atoms with Crippen LogP contribution >= 0.6 is 0 Å². The highest BCUT2D eigenvalue weighted by Gasteiger charge is 2.20. The van der Waals surface area contributed by atoms with Crippen molar-refractivity contribution < 1.29 is 19.4 Å². The van der Waals surface area contributed by atoms with Crippen LogP contribution in [-0.4, -0.2) is 72.7 Å². The molecule has 1 atom stereocenters. The van der Waals surface area contributed by atoms with Crippen molar-refractivity contribution in [1.29, 1.82) is 0 Å². The van der Waals surface area contributed by atoms with Gasteiger partial charge < -0.3 is 25.9 Å². The second kappa shape index (κ2) is 10.4. The molecule has 1 aromatic heterocycles. The van der Waals surface area contributed by atoms with Crippen molar-refractivity contribution in [2.45, 2.75) is 20.0 Å². The molecule has 31 heavy (non-hydrogen) atoms. The van der Waals surface area contributed by atoms with Crippen LogP contribution in [0.5, 0.6) is 0 Å². The van der Waals surface area contributed by atoms with E-state index < -0.39 is 6.10 Å². The van der Waals surface area contributed by atoms with Gasteiger partial charge in [0.2, 0.25) is 0 Å². The maximum absolute atomic E-state index is 12.8. The molecule has 1 aliphatic heterocycles. The summed E-state index contributed by atoms with van der Waals surface area (Å²) in [5.74, 6) is -0.265. The number of para-hydroxylation sites is 1. The Morgan fingerprint density at radius 1 is 1.32 bits per heavy atom. The van der Waals surface area contributed by atoms with Crippen LogP contribution in [0.25, 0.3) is 11.6 Å². The third kappa shape index (κ3) is 5.61. The fourth-order valence-corrected chi connectivity index (χ4v) is 3.79. The summed E-state index contributed by atoms with van der Waals surface area (Å²) in [6.07, 6.45) is 1.79. The number of rotatable bonds is 8. The van der Waals surface area contributed by atoms with E-state index in [1.807, 2.05) is 13.0 Å². The summed E-state index contributed by atoms with van der Waals surface area (Å²) in [6, 6.07) is 7.14. The summed E-state index contributed by atoms with van der Waals surface area (Å²) in [4.78, 5) is 29.8. The number of morpholine rings is 1. The first-order chi connectivity index (χ1) is 14.9. The Morgan fingerprint density at radius 2 is 2.03 bits per heavy atom. The molecule has 0 radical (unpaired) electrons. The van der Waals surface area contributed by atoms with Gasteiger partial charge in [-0.05, 0) is 31.6 Å². The van der Waals surface area contributed by atoms with Crippen molar-refractivity contribution in [1.82, 2.24) is 15.2 Å². The van der Waals surface area contributed by atoms with Gasteiger partial charge in [0.15, 0.2) is 6.29 Å². The van der Waals surface area contributed by atoms with Crippen LogP contribution in [-0.2, 0) is 9.53 Å². The van der Waals surface area contributed by atoms with E-state index in [0.29, 0.717) is 53.5 Å². The number of nitrogens with zero attached hydrogens (tertiary/aromatic N) is 1. The predicted octanol–water partition coefficient (Wildman–Crippen LogP) is 1.38. The lowest BCUT2D eigenvalue weighted by atomic mass is 10.0. The van der Waals surface area contributed by atoms with Gasteiger partial charge in [-0.2, -0.15) is 0 Å². The van der Waals surface area contributed by atoms with Crippen molar-refractivity contribution in [3.63, 3.8) is 0 Å². The number of aliphatic hydroxyl groups excluding tert-OH is 1. The molecule has 1 aromatic carbocycles. The molecular formula is C23H30N4O4. The number of aryl methyl sites for hydroxylation is 1. The van der Waals surface area contributed by atoms with Crippen molar-refractivity contribution >= 4 is 29.5 Å². The number of nitrogens with one attached hydrogen (secondary N) is 2. The fourth-order valence-electron chi connectivity index (χ4n) is 3.79. The maximum atomic E-state index is 12.8. The first-order valence-electron chi connectivity index (χ1n) is 10.4. The summed E-state index contributed by atoms with van der Waals surface area (Å²) in [6.45, 7) is 7.16. The molecule has 2 aromatic rings. The number of hydrogen-bond acceptors (Lipinski definition) is 6. The molecule has 1 fully saturated rings. The van der Waals surface area contributed by atoms with Crippen LogP contribution in [0, 0.1) is 13.8 Å². The van der Waals surface area contributed by atoms with E-state index in [1.54, 1.807) is 31.2 Å². The molecule has 3 rings (SSSR count). The van der Waals surface area contributed by atoms with Gasteiger partial charge in [0.05, 0.1) is 24.9 Å². The number of nitrogen functional groups attached to an aromatic ring is 1. The number of carbonyl (C=O) groups excluding carboxylic acids is 2. The van der Waals surface area contributed by atoms with E-state index in [9.17, 15) is 14.7 Å². The van der Waals surface area contributed by atoms with Crippen LogP contribution in [0.15, 0.2) is 24.3 Å². The minimum absolute atomic E-state index is 0.158. The minimum atomic E-state index is -0.663. The van der Waals surface area contributed by atoms with Crippen molar-refractivity contribution in [2.24, 2.45) is 0 Å². The molecular weight excluding hydrogens is 396 g/mol. The molecule has 0 spiro atoms. The van der Waals surface area contributed by atoms with Gasteiger partial charge in [-0.1, -0.05) is 18.2 Å². The highest BCUT2D eigenvalue weighted by molar-refractivity contribution is 6.15. The Balaban J connectivity index is 1.70. The van der Waals surface area contributed by atoms with Crippen molar-refractivity contribution in [2.75, 3.05) is 45.1 Å². The van der Waals surface area contributed by atoms with Gasteiger partial charge in [0.25, 0.3) is 5.91 Å². The van der Waals surface area contributed by atoms with E-state index in [0.717, 1.165) is 24.9 Å². The van der Waals surface area contributed by atoms with Gasteiger partial charge in [-0.25, -0.2) is 0 Å². The Bertz CT molecular complexity index is 960. The molecule has 5 N–H and O–H groups in total. The fraction of sp³-hybridized carbons (Fsp3) is 0.391. The van der Waals surface area contributed by atoms with E-state index in [4.69, 9.17) is 10.5 Å². The number of β-amino-alcohol motifs (C(OH)–C–C–N with tert-alkyl or cyclic N) is 1. The first-order valence-corrected chi connectivity index (χ1v) is 10.4. The van der Waals surface area contributed by atoms with Crippen LogP contribution in [0.2, 0.25) is 0 Å². The summed E-state index contributed by atoms with van der Waals surface area (Å²) in [5.41, 5.74) is 10.2. The molecule has 0 aliphatic carbocycles. The van der Waals surface area contributed by atoms with Gasteiger partial charge >= 0.3 is 0 Å². The number of aromatic amines is 1. The van der Waals surface area contributed by atoms with Crippen LogP contribution in [0.1, 0.15) is 32.9 Å². The number of amides is 1. The number of aldehydes is 1. The number of nitrogens with two attached hydrogens (primary N) is 1. The molecule has 8 nitrogen and oxygen atoms in total. The number of allylic oxidation sites excluding steroid dienone is 1. The third-order valence-electron chi connectivity index (χ3n) is 5.47. The van der Waals surface area contributed by atoms with E-state index >= 15 is 0 Å². The molecule has 0 bridgehead atoms. The zero-order chi connectivity index (χ0) is 22.4. The van der Waals surface area contributed by atoms with Gasteiger partial charge in [-0.3, -0.25) is 14.5 Å². The van der Waals surface area contributed by atoms with Crippen LogP contribution in [0.4, 0.5) is 5.69 Å². The van der Waals surface area contributed by atoms with Crippen LogP contribution in [0.3, 0.4) is 0 Å². The quantitative estimate of drug-likeness (QED) is 0.288. The lowest BCUT2D eigenvalue weighted by molar-refractivity contribution is -0.103. The smallest absolute Gasteiger partial charge is 0.253 e. The summed E-state index contributed by atoms with van der Waals surface area (Å²) in [7, 11) is 0. The molecule has 2 heterocycles. The van der Waals surface area contributed by atoms with E-state index in [-0.39, 0.29) is 12.5 Å². The minimum Gasteiger partial charge on any atom is -0.398 e. The maximum Gasteiger partial charge on any atom is 0.253 e. The molecule has 8 heteroatoms. The lowest BCUT2D eigenvalue weighted by Gasteiger charge is -2.28. The highest BCUT2D eigenvalue weighted by Crippen LogP contribution is 2.25. The largest absolute Gasteiger partial charge is 0.398 e. The Hall–Kier alpha value is -2.94. The Morgan fingerprint density at radius 3 is 2.71 bits per heavy atom. The average molecular weight is 427 g/mol. The summed E-state index contributed by atoms with van der Waals surface area (Å²) in [5, 5.41) is 13.1.